The molecule has 2 aliphatic heterocycles. The highest BCUT2D eigenvalue weighted by atomic mass is 32.2. The van der Waals surface area contributed by atoms with E-state index in [0.717, 1.165) is 18.7 Å². The molecule has 28 heavy (non-hydrogen) atoms. The predicted octanol–water partition coefficient (Wildman–Crippen LogP) is 3.19. The molecule has 1 amide bonds. The number of hydrogen-bond donors (Lipinski definition) is 0. The van der Waals surface area contributed by atoms with Gasteiger partial charge in [-0.25, -0.2) is 0 Å². The van der Waals surface area contributed by atoms with Gasteiger partial charge in [-0.2, -0.15) is 0 Å². The average Bonchev–Trinajstić information content (AvgIpc) is 2.87. The Morgan fingerprint density at radius 3 is 2.43 bits per heavy atom. The van der Waals surface area contributed by atoms with Crippen LogP contribution in [0, 0.1) is 0 Å². The lowest BCUT2D eigenvalue weighted by Crippen LogP contribution is -2.29. The minimum atomic E-state index is -1.06. The van der Waals surface area contributed by atoms with Gasteiger partial charge in [0.15, 0.2) is 0 Å². The number of carbonyl (C=O) groups excluding carboxylic acids is 2. The first-order valence-corrected chi connectivity index (χ1v) is 11.1. The van der Waals surface area contributed by atoms with Crippen molar-refractivity contribution in [2.75, 3.05) is 24.5 Å². The van der Waals surface area contributed by atoms with Gasteiger partial charge in [0.25, 0.3) is 5.91 Å². The maximum absolute atomic E-state index is 12.6. The van der Waals surface area contributed by atoms with E-state index < -0.39 is 5.97 Å². The van der Waals surface area contributed by atoms with Crippen LogP contribution in [-0.4, -0.2) is 40.7 Å². The van der Waals surface area contributed by atoms with Gasteiger partial charge in [0.2, 0.25) is 0 Å². The van der Waals surface area contributed by atoms with Crippen molar-refractivity contribution in [2.45, 2.75) is 44.9 Å². The van der Waals surface area contributed by atoms with Gasteiger partial charge in [-0.3, -0.25) is 9.69 Å². The molecule has 2 saturated heterocycles. The molecule has 2 fully saturated rings. The summed E-state index contributed by atoms with van der Waals surface area (Å²) in [5.74, 6) is -1.16. The maximum Gasteiger partial charge on any atom is 0.266 e. The molecule has 0 unspecified atom stereocenters. The van der Waals surface area contributed by atoms with Crippen molar-refractivity contribution in [3.8, 4) is 0 Å². The fraction of sp³-hybridized carbons (Fsp3) is 0.476. The lowest BCUT2D eigenvalue weighted by atomic mass is 10.1. The van der Waals surface area contributed by atoms with Crippen LogP contribution in [0.15, 0.2) is 29.2 Å². The van der Waals surface area contributed by atoms with E-state index in [4.69, 9.17) is 12.2 Å². The average molecular weight is 418 g/mol. The van der Waals surface area contributed by atoms with Crippen LogP contribution in [0.1, 0.15) is 50.5 Å². The van der Waals surface area contributed by atoms with Gasteiger partial charge < -0.3 is 14.8 Å². The van der Waals surface area contributed by atoms with Crippen molar-refractivity contribution in [2.24, 2.45) is 0 Å². The van der Waals surface area contributed by atoms with Crippen LogP contribution in [0.3, 0.4) is 0 Å². The van der Waals surface area contributed by atoms with Crippen LogP contribution in [0.4, 0.5) is 5.69 Å². The molecular weight excluding hydrogens is 392 g/mol. The number of hydrogen-bond acceptors (Lipinski definition) is 6. The van der Waals surface area contributed by atoms with Gasteiger partial charge in [0.1, 0.15) is 4.32 Å². The molecule has 1 aromatic rings. The number of rotatable bonds is 7. The molecule has 1 aromatic carbocycles. The van der Waals surface area contributed by atoms with Crippen LogP contribution in [0.25, 0.3) is 6.08 Å². The zero-order valence-electron chi connectivity index (χ0n) is 15.9. The minimum Gasteiger partial charge on any atom is -0.550 e. The summed E-state index contributed by atoms with van der Waals surface area (Å²) in [6.07, 6.45) is 8.07. The highest BCUT2D eigenvalue weighted by molar-refractivity contribution is 8.26. The van der Waals surface area contributed by atoms with E-state index in [9.17, 15) is 14.7 Å². The number of nitrogens with zero attached hydrogens (tertiary/aromatic N) is 2. The van der Waals surface area contributed by atoms with Crippen molar-refractivity contribution in [1.29, 1.82) is 0 Å². The van der Waals surface area contributed by atoms with Gasteiger partial charge in [-0.15, -0.1) is 0 Å². The number of aliphatic carboxylic acids is 1. The Hall–Kier alpha value is -1.86. The number of carboxylic acids is 1. The molecule has 5 nitrogen and oxygen atoms in total. The lowest BCUT2D eigenvalue weighted by molar-refractivity contribution is -0.305. The zero-order chi connectivity index (χ0) is 19.9. The molecule has 3 rings (SSSR count). The molecule has 2 aliphatic rings. The van der Waals surface area contributed by atoms with Gasteiger partial charge in [-0.1, -0.05) is 49.0 Å². The fourth-order valence-electron chi connectivity index (χ4n) is 3.49. The summed E-state index contributed by atoms with van der Waals surface area (Å²) in [5.41, 5.74) is 2.22. The van der Waals surface area contributed by atoms with Crippen LogP contribution in [-0.2, 0) is 9.59 Å². The molecule has 0 saturated carbocycles. The first-order valence-electron chi connectivity index (χ1n) is 9.85. The van der Waals surface area contributed by atoms with E-state index in [1.807, 2.05) is 18.2 Å². The molecule has 0 N–H and O–H groups in total. The Balaban J connectivity index is 1.60. The number of thioether (sulfide) groups is 1. The highest BCUT2D eigenvalue weighted by Crippen LogP contribution is 2.33. The monoisotopic (exact) mass is 417 g/mol. The molecular formula is C21H25N2O3S2-. The van der Waals surface area contributed by atoms with Gasteiger partial charge >= 0.3 is 0 Å². The summed E-state index contributed by atoms with van der Waals surface area (Å²) < 4.78 is 0.533. The largest absolute Gasteiger partial charge is 0.550 e. The topological polar surface area (TPSA) is 63.7 Å². The number of unbranched alkanes of at least 4 members (excludes halogenated alkanes) is 1. The SMILES string of the molecule is O=C([O-])CCCCN1C(=O)/C(=C\c2ccc(N3CCCCCC3)cc2)SC1=S. The van der Waals surface area contributed by atoms with E-state index in [1.54, 1.807) is 4.90 Å². The standard InChI is InChI=1S/C21H26N2O3S2/c24-19(25)7-3-6-14-23-20(26)18(28-21(23)27)15-16-8-10-17(11-9-16)22-12-4-1-2-5-13-22/h8-11,15H,1-7,12-14H2,(H,24,25)/p-1/b18-15+. The van der Waals surface area contributed by atoms with Crippen molar-refractivity contribution < 1.29 is 14.7 Å². The summed E-state index contributed by atoms with van der Waals surface area (Å²) in [5, 5.41) is 10.5. The molecule has 0 atom stereocenters. The first-order chi connectivity index (χ1) is 13.5. The molecule has 0 spiro atoms. The van der Waals surface area contributed by atoms with Crippen LogP contribution in [0.2, 0.25) is 0 Å². The second-order valence-electron chi connectivity index (χ2n) is 7.16. The van der Waals surface area contributed by atoms with E-state index in [1.165, 1.54) is 43.1 Å². The number of thiocarbonyl (C=S) groups is 1. The second-order valence-corrected chi connectivity index (χ2v) is 8.83. The Kier molecular flexibility index (Phi) is 7.50. The fourth-order valence-corrected chi connectivity index (χ4v) is 4.80. The van der Waals surface area contributed by atoms with Gasteiger partial charge in [-0.05, 0) is 55.9 Å². The molecule has 7 heteroatoms. The summed E-state index contributed by atoms with van der Waals surface area (Å²) >= 11 is 6.63. The lowest BCUT2D eigenvalue weighted by Gasteiger charge is -2.22. The van der Waals surface area contributed by atoms with Crippen molar-refractivity contribution in [3.05, 3.63) is 34.7 Å². The number of carboxylic acid groups (broad SMARTS) is 1. The van der Waals surface area contributed by atoms with E-state index >= 15 is 0 Å². The molecule has 150 valence electrons. The van der Waals surface area contributed by atoms with Crippen molar-refractivity contribution in [3.63, 3.8) is 0 Å². The Morgan fingerprint density at radius 2 is 1.79 bits per heavy atom. The highest BCUT2D eigenvalue weighted by Gasteiger charge is 2.31. The summed E-state index contributed by atoms with van der Waals surface area (Å²) in [4.78, 5) is 27.7. The van der Waals surface area contributed by atoms with Crippen LogP contribution in [0.5, 0.6) is 0 Å². The predicted molar refractivity (Wildman–Crippen MR) is 116 cm³/mol. The van der Waals surface area contributed by atoms with E-state index in [-0.39, 0.29) is 12.3 Å². The maximum atomic E-state index is 12.6. The normalized spacial score (nSPS) is 19.4. The summed E-state index contributed by atoms with van der Waals surface area (Å²) in [6, 6.07) is 8.34. The number of carbonyl (C=O) groups is 2. The van der Waals surface area contributed by atoms with Crippen molar-refractivity contribution in [1.82, 2.24) is 4.90 Å². The molecule has 0 aromatic heterocycles. The van der Waals surface area contributed by atoms with Gasteiger partial charge in [0.05, 0.1) is 4.91 Å². The molecule has 0 radical (unpaired) electrons. The Labute approximate surface area is 175 Å². The minimum absolute atomic E-state index is 0.00793. The third-order valence-corrected chi connectivity index (χ3v) is 6.43. The van der Waals surface area contributed by atoms with Crippen LogP contribution >= 0.6 is 24.0 Å². The number of anilines is 1. The molecule has 0 bridgehead atoms. The smallest absolute Gasteiger partial charge is 0.266 e. The summed E-state index contributed by atoms with van der Waals surface area (Å²) in [6.45, 7) is 2.66. The number of benzene rings is 1. The van der Waals surface area contributed by atoms with Crippen LogP contribution < -0.4 is 10.0 Å². The third-order valence-electron chi connectivity index (χ3n) is 5.05. The third kappa shape index (κ3) is 5.58. The van der Waals surface area contributed by atoms with E-state index in [0.29, 0.717) is 28.6 Å². The Bertz CT molecular complexity index is 753. The quantitative estimate of drug-likeness (QED) is 0.386. The zero-order valence-corrected chi connectivity index (χ0v) is 17.5. The van der Waals surface area contributed by atoms with Gasteiger partial charge in [0, 0.05) is 31.3 Å². The molecule has 0 aliphatic carbocycles. The number of amides is 1. The first kappa shape index (κ1) is 20.9. The van der Waals surface area contributed by atoms with E-state index in [2.05, 4.69) is 17.0 Å². The Morgan fingerprint density at radius 1 is 1.11 bits per heavy atom. The van der Waals surface area contributed by atoms with Crippen molar-refractivity contribution >= 4 is 51.9 Å². The molecule has 2 heterocycles. The second kappa shape index (κ2) is 10.1. The summed E-state index contributed by atoms with van der Waals surface area (Å²) in [7, 11) is 0.